The van der Waals surface area contributed by atoms with Crippen molar-refractivity contribution in [1.29, 1.82) is 0 Å². The molecule has 0 aliphatic carbocycles. The fourth-order valence-corrected chi connectivity index (χ4v) is 2.59. The van der Waals surface area contributed by atoms with Crippen LogP contribution in [0.5, 0.6) is 0 Å². The van der Waals surface area contributed by atoms with Gasteiger partial charge in [0.05, 0.1) is 5.60 Å². The fourth-order valence-electron chi connectivity index (χ4n) is 2.32. The van der Waals surface area contributed by atoms with E-state index in [0.717, 1.165) is 16.7 Å². The van der Waals surface area contributed by atoms with Gasteiger partial charge in [0, 0.05) is 10.9 Å². The van der Waals surface area contributed by atoms with Crippen LogP contribution in [-0.4, -0.2) is 25.9 Å². The Morgan fingerprint density at radius 3 is 2.38 bits per heavy atom. The summed E-state index contributed by atoms with van der Waals surface area (Å²) in [7, 11) is 0. The Labute approximate surface area is 134 Å². The number of nitrogens with zero attached hydrogens (tertiary/aromatic N) is 2. The minimum atomic E-state index is -0.834. The van der Waals surface area contributed by atoms with Crippen LogP contribution < -0.4 is 0 Å². The van der Waals surface area contributed by atoms with Gasteiger partial charge in [-0.25, -0.2) is 4.98 Å². The van der Waals surface area contributed by atoms with Gasteiger partial charge in [0.15, 0.2) is 0 Å². The minimum absolute atomic E-state index is 0.241. The van der Waals surface area contributed by atoms with E-state index in [1.807, 2.05) is 12.1 Å². The van der Waals surface area contributed by atoms with Crippen LogP contribution in [0.15, 0.2) is 35.1 Å². The molecule has 1 atom stereocenters. The Balaban J connectivity index is 2.11. The van der Waals surface area contributed by atoms with Crippen molar-refractivity contribution in [3.63, 3.8) is 0 Å². The number of hydrogen-bond donors (Lipinski definition) is 2. The molecule has 0 amide bonds. The van der Waals surface area contributed by atoms with Gasteiger partial charge >= 0.3 is 0 Å². The zero-order valence-corrected chi connectivity index (χ0v) is 14.3. The first-order chi connectivity index (χ1) is 9.80. The maximum Gasteiger partial charge on any atom is 0.137 e. The second-order valence-corrected chi connectivity index (χ2v) is 7.43. The molecule has 0 fully saturated rings. The molecule has 0 radical (unpaired) electrons. The smallest absolute Gasteiger partial charge is 0.137 e. The molecule has 0 bridgehead atoms. The molecule has 2 aromatic rings. The molecule has 1 unspecified atom stereocenters. The Morgan fingerprint density at radius 2 is 1.86 bits per heavy atom. The van der Waals surface area contributed by atoms with Crippen molar-refractivity contribution in [2.45, 2.75) is 45.6 Å². The van der Waals surface area contributed by atoms with Gasteiger partial charge in [0.1, 0.15) is 12.2 Å². The molecule has 0 saturated carbocycles. The first-order valence-electron chi connectivity index (χ1n) is 7.11. The molecule has 5 heteroatoms. The van der Waals surface area contributed by atoms with E-state index in [-0.39, 0.29) is 5.41 Å². The van der Waals surface area contributed by atoms with E-state index in [4.69, 9.17) is 0 Å². The lowest BCUT2D eigenvalue weighted by Gasteiger charge is -2.40. The highest BCUT2D eigenvalue weighted by Crippen LogP contribution is 2.36. The summed E-state index contributed by atoms with van der Waals surface area (Å²) in [5, 5.41) is 17.8. The molecular formula is C16H22BrN3O. The molecule has 21 heavy (non-hydrogen) atoms. The highest BCUT2D eigenvalue weighted by molar-refractivity contribution is 9.10. The predicted molar refractivity (Wildman–Crippen MR) is 87.0 cm³/mol. The topological polar surface area (TPSA) is 61.8 Å². The summed E-state index contributed by atoms with van der Waals surface area (Å²) in [4.78, 5) is 4.15. The Kier molecular flexibility index (Phi) is 4.84. The quantitative estimate of drug-likeness (QED) is 0.866. The van der Waals surface area contributed by atoms with E-state index >= 15 is 0 Å². The molecule has 0 saturated heterocycles. The molecule has 4 nitrogen and oxygen atoms in total. The zero-order chi connectivity index (χ0) is 15.5. The molecule has 0 spiro atoms. The van der Waals surface area contributed by atoms with Crippen LogP contribution in [0.1, 0.15) is 38.6 Å². The molecular weight excluding hydrogens is 330 g/mol. The number of aliphatic hydroxyl groups is 1. The van der Waals surface area contributed by atoms with Gasteiger partial charge in [0.2, 0.25) is 0 Å². The van der Waals surface area contributed by atoms with Gasteiger partial charge in [-0.2, -0.15) is 5.10 Å². The molecule has 1 aromatic heterocycles. The van der Waals surface area contributed by atoms with E-state index < -0.39 is 5.60 Å². The van der Waals surface area contributed by atoms with Gasteiger partial charge in [-0.3, -0.25) is 5.10 Å². The Hall–Kier alpha value is -1.20. The van der Waals surface area contributed by atoms with Crippen LogP contribution in [0.4, 0.5) is 0 Å². The Morgan fingerprint density at radius 1 is 1.19 bits per heavy atom. The maximum absolute atomic E-state index is 11.1. The van der Waals surface area contributed by atoms with Crippen molar-refractivity contribution in [2.24, 2.45) is 5.41 Å². The standard InChI is InChI=1S/C16H22BrN3O/c1-15(2,3)16(21,10-14-18-11-19-20-14)9-8-12-4-6-13(17)7-5-12/h4-7,11,21H,8-10H2,1-3H3,(H,18,19,20). The molecule has 2 rings (SSSR count). The van der Waals surface area contributed by atoms with Gasteiger partial charge in [-0.1, -0.05) is 48.8 Å². The summed E-state index contributed by atoms with van der Waals surface area (Å²) in [5.41, 5.74) is 0.146. The molecule has 114 valence electrons. The van der Waals surface area contributed by atoms with E-state index in [2.05, 4.69) is 64.0 Å². The zero-order valence-electron chi connectivity index (χ0n) is 12.7. The molecule has 1 heterocycles. The lowest BCUT2D eigenvalue weighted by atomic mass is 9.71. The van der Waals surface area contributed by atoms with Crippen molar-refractivity contribution in [1.82, 2.24) is 15.2 Å². The van der Waals surface area contributed by atoms with Crippen LogP contribution in [-0.2, 0) is 12.8 Å². The number of H-pyrrole nitrogens is 1. The lowest BCUT2D eigenvalue weighted by molar-refractivity contribution is -0.0651. The summed E-state index contributed by atoms with van der Waals surface area (Å²) in [5.74, 6) is 0.725. The normalized spacial score (nSPS) is 14.9. The molecule has 0 aliphatic heterocycles. The third-order valence-electron chi connectivity index (χ3n) is 4.06. The van der Waals surface area contributed by atoms with Crippen molar-refractivity contribution in [3.05, 3.63) is 46.5 Å². The molecule has 0 aliphatic rings. The third kappa shape index (κ3) is 4.14. The van der Waals surface area contributed by atoms with Crippen molar-refractivity contribution in [3.8, 4) is 0 Å². The van der Waals surface area contributed by atoms with Crippen molar-refractivity contribution in [2.75, 3.05) is 0 Å². The number of halogens is 1. The number of aromatic nitrogens is 3. The van der Waals surface area contributed by atoms with E-state index in [9.17, 15) is 5.11 Å². The lowest BCUT2D eigenvalue weighted by Crippen LogP contribution is -2.45. The second-order valence-electron chi connectivity index (χ2n) is 6.52. The van der Waals surface area contributed by atoms with Crippen LogP contribution in [0, 0.1) is 5.41 Å². The molecule has 1 aromatic carbocycles. The number of benzene rings is 1. The summed E-state index contributed by atoms with van der Waals surface area (Å²) >= 11 is 3.44. The number of aromatic amines is 1. The van der Waals surface area contributed by atoms with Crippen LogP contribution in [0.2, 0.25) is 0 Å². The van der Waals surface area contributed by atoms with E-state index in [0.29, 0.717) is 12.8 Å². The fraction of sp³-hybridized carbons (Fsp3) is 0.500. The average molecular weight is 352 g/mol. The maximum atomic E-state index is 11.1. The summed E-state index contributed by atoms with van der Waals surface area (Å²) < 4.78 is 1.07. The van der Waals surface area contributed by atoms with Crippen molar-refractivity contribution >= 4 is 15.9 Å². The average Bonchev–Trinajstić information content (AvgIpc) is 2.89. The predicted octanol–water partition coefficient (Wildman–Crippen LogP) is 3.52. The van der Waals surface area contributed by atoms with Gasteiger partial charge in [0.25, 0.3) is 0 Å². The number of nitrogens with one attached hydrogen (secondary N) is 1. The highest BCUT2D eigenvalue weighted by atomic mass is 79.9. The van der Waals surface area contributed by atoms with Gasteiger partial charge in [-0.05, 0) is 36.0 Å². The van der Waals surface area contributed by atoms with E-state index in [1.54, 1.807) is 0 Å². The van der Waals surface area contributed by atoms with Gasteiger partial charge < -0.3 is 5.11 Å². The van der Waals surface area contributed by atoms with Crippen LogP contribution >= 0.6 is 15.9 Å². The number of rotatable bonds is 5. The summed E-state index contributed by atoms with van der Waals surface area (Å²) in [6.45, 7) is 6.18. The second kappa shape index (κ2) is 6.28. The van der Waals surface area contributed by atoms with Crippen LogP contribution in [0.3, 0.4) is 0 Å². The molecule has 2 N–H and O–H groups in total. The number of hydrogen-bond acceptors (Lipinski definition) is 3. The third-order valence-corrected chi connectivity index (χ3v) is 4.59. The SMILES string of the molecule is CC(C)(C)C(O)(CCc1ccc(Br)cc1)Cc1ncn[nH]1. The number of aryl methyl sites for hydroxylation is 1. The van der Waals surface area contributed by atoms with Crippen LogP contribution in [0.25, 0.3) is 0 Å². The Bertz CT molecular complexity index is 560. The van der Waals surface area contributed by atoms with Crippen molar-refractivity contribution < 1.29 is 5.11 Å². The summed E-state index contributed by atoms with van der Waals surface area (Å²) in [6, 6.07) is 8.23. The highest BCUT2D eigenvalue weighted by Gasteiger charge is 2.40. The first kappa shape index (κ1) is 16.2. The summed E-state index contributed by atoms with van der Waals surface area (Å²) in [6.07, 6.45) is 3.47. The van der Waals surface area contributed by atoms with E-state index in [1.165, 1.54) is 11.9 Å². The first-order valence-corrected chi connectivity index (χ1v) is 7.90. The minimum Gasteiger partial charge on any atom is -0.389 e. The largest absolute Gasteiger partial charge is 0.389 e. The van der Waals surface area contributed by atoms with Gasteiger partial charge in [-0.15, -0.1) is 0 Å². The monoisotopic (exact) mass is 351 g/mol.